The number of rotatable bonds is 3. The fourth-order valence-corrected chi connectivity index (χ4v) is 1.19. The predicted octanol–water partition coefficient (Wildman–Crippen LogP) is 2.99. The topological polar surface area (TPSA) is 20.2 Å². The van der Waals surface area contributed by atoms with Crippen LogP contribution in [0.15, 0.2) is 12.7 Å². The van der Waals surface area contributed by atoms with Crippen LogP contribution in [0.1, 0.15) is 18.1 Å². The van der Waals surface area contributed by atoms with Crippen molar-refractivity contribution in [1.29, 1.82) is 0 Å². The molecule has 1 rings (SSSR count). The van der Waals surface area contributed by atoms with Crippen LogP contribution in [0.5, 0.6) is 0 Å². The van der Waals surface area contributed by atoms with E-state index in [0.717, 1.165) is 6.08 Å². The van der Waals surface area contributed by atoms with Gasteiger partial charge in [0.25, 0.3) is 0 Å². The number of halogens is 5. The summed E-state index contributed by atoms with van der Waals surface area (Å²) in [6.45, 7) is 3.18. The smallest absolute Gasteiger partial charge is 0.200 e. The summed E-state index contributed by atoms with van der Waals surface area (Å²) in [6, 6.07) is 0. The largest absolute Gasteiger partial charge is 0.388 e. The van der Waals surface area contributed by atoms with Gasteiger partial charge in [0.1, 0.15) is 0 Å². The lowest BCUT2D eigenvalue weighted by Crippen LogP contribution is -2.11. The molecule has 1 N–H and O–H groups in total. The Hall–Kier alpha value is -1.43. The average Bonchev–Trinajstić information content (AvgIpc) is 2.24. The monoisotopic (exact) mass is 238 g/mol. The summed E-state index contributed by atoms with van der Waals surface area (Å²) in [5, 5.41) is 9.21. The standard InChI is InChI=1S/C10H7F5O/c1-2-3-4(16)5-6(11)8(13)10(15)9(14)7(5)12/h2,4,16H,1,3H2. The van der Waals surface area contributed by atoms with E-state index in [9.17, 15) is 27.1 Å². The van der Waals surface area contributed by atoms with Crippen molar-refractivity contribution in [3.8, 4) is 0 Å². The molecule has 1 aromatic carbocycles. The lowest BCUT2D eigenvalue weighted by Gasteiger charge is -2.12. The van der Waals surface area contributed by atoms with Crippen molar-refractivity contribution in [2.24, 2.45) is 0 Å². The fourth-order valence-electron chi connectivity index (χ4n) is 1.19. The van der Waals surface area contributed by atoms with Crippen LogP contribution in [0.25, 0.3) is 0 Å². The van der Waals surface area contributed by atoms with Crippen molar-refractivity contribution in [2.45, 2.75) is 12.5 Å². The molecule has 6 heteroatoms. The normalized spacial score (nSPS) is 12.6. The Morgan fingerprint density at radius 3 is 1.69 bits per heavy atom. The van der Waals surface area contributed by atoms with Gasteiger partial charge in [-0.25, -0.2) is 22.0 Å². The zero-order valence-corrected chi connectivity index (χ0v) is 7.91. The number of hydrogen-bond acceptors (Lipinski definition) is 1. The summed E-state index contributed by atoms with van der Waals surface area (Å²) in [6.07, 6.45) is -1.04. The van der Waals surface area contributed by atoms with Gasteiger partial charge in [-0.1, -0.05) is 6.08 Å². The van der Waals surface area contributed by atoms with Gasteiger partial charge in [0.05, 0.1) is 11.7 Å². The molecule has 0 spiro atoms. The molecule has 0 amide bonds. The molecule has 0 saturated carbocycles. The van der Waals surface area contributed by atoms with E-state index in [2.05, 4.69) is 6.58 Å². The maximum atomic E-state index is 13.1. The third kappa shape index (κ3) is 1.92. The van der Waals surface area contributed by atoms with Crippen LogP contribution in [-0.4, -0.2) is 5.11 Å². The maximum absolute atomic E-state index is 13.1. The maximum Gasteiger partial charge on any atom is 0.200 e. The van der Waals surface area contributed by atoms with Crippen molar-refractivity contribution in [3.05, 3.63) is 47.3 Å². The van der Waals surface area contributed by atoms with Gasteiger partial charge in [0, 0.05) is 0 Å². The van der Waals surface area contributed by atoms with Crippen molar-refractivity contribution in [3.63, 3.8) is 0 Å². The minimum atomic E-state index is -2.25. The average molecular weight is 238 g/mol. The molecule has 0 fully saturated rings. The summed E-state index contributed by atoms with van der Waals surface area (Å²) in [7, 11) is 0. The van der Waals surface area contributed by atoms with E-state index in [1.165, 1.54) is 0 Å². The lowest BCUT2D eigenvalue weighted by molar-refractivity contribution is 0.166. The zero-order chi connectivity index (χ0) is 12.5. The number of aliphatic hydroxyl groups excluding tert-OH is 1. The highest BCUT2D eigenvalue weighted by Gasteiger charge is 2.28. The molecule has 1 atom stereocenters. The van der Waals surface area contributed by atoms with Crippen LogP contribution in [0.4, 0.5) is 22.0 Å². The van der Waals surface area contributed by atoms with Crippen molar-refractivity contribution in [2.75, 3.05) is 0 Å². The third-order valence-corrected chi connectivity index (χ3v) is 1.97. The van der Waals surface area contributed by atoms with E-state index in [-0.39, 0.29) is 6.42 Å². The molecule has 16 heavy (non-hydrogen) atoms. The lowest BCUT2D eigenvalue weighted by atomic mass is 10.0. The first-order chi connectivity index (χ1) is 7.41. The Morgan fingerprint density at radius 1 is 0.938 bits per heavy atom. The highest BCUT2D eigenvalue weighted by Crippen LogP contribution is 2.29. The Labute approximate surface area is 87.8 Å². The molecule has 0 aliphatic rings. The quantitative estimate of drug-likeness (QED) is 0.371. The summed E-state index contributed by atoms with van der Waals surface area (Å²) in [5.74, 6) is -10.4. The highest BCUT2D eigenvalue weighted by molar-refractivity contribution is 5.26. The van der Waals surface area contributed by atoms with Gasteiger partial charge in [0.2, 0.25) is 5.82 Å². The predicted molar refractivity (Wildman–Crippen MR) is 46.0 cm³/mol. The van der Waals surface area contributed by atoms with Gasteiger partial charge < -0.3 is 5.11 Å². The van der Waals surface area contributed by atoms with Crippen molar-refractivity contribution >= 4 is 0 Å². The zero-order valence-electron chi connectivity index (χ0n) is 7.91. The van der Waals surface area contributed by atoms with Gasteiger partial charge in [-0.15, -0.1) is 6.58 Å². The SMILES string of the molecule is C=CCC(O)c1c(F)c(F)c(F)c(F)c1F. The van der Waals surface area contributed by atoms with Gasteiger partial charge in [-0.3, -0.25) is 0 Å². The molecule has 1 unspecified atom stereocenters. The van der Waals surface area contributed by atoms with Gasteiger partial charge >= 0.3 is 0 Å². The van der Waals surface area contributed by atoms with E-state index >= 15 is 0 Å². The Morgan fingerprint density at radius 2 is 1.31 bits per heavy atom. The highest BCUT2D eigenvalue weighted by atomic mass is 19.2. The minimum Gasteiger partial charge on any atom is -0.388 e. The molecule has 0 aliphatic heterocycles. The van der Waals surface area contributed by atoms with E-state index in [1.54, 1.807) is 0 Å². The first-order valence-corrected chi connectivity index (χ1v) is 4.22. The second kappa shape index (κ2) is 4.61. The fraction of sp³-hybridized carbons (Fsp3) is 0.200. The molecule has 0 heterocycles. The van der Waals surface area contributed by atoms with E-state index < -0.39 is 40.8 Å². The number of aliphatic hydroxyl groups is 1. The van der Waals surface area contributed by atoms with Gasteiger partial charge in [-0.05, 0) is 6.42 Å². The summed E-state index contributed by atoms with van der Waals surface area (Å²) in [5.41, 5.74) is -1.24. The first kappa shape index (κ1) is 12.6. The van der Waals surface area contributed by atoms with Crippen LogP contribution < -0.4 is 0 Å². The molecule has 0 bridgehead atoms. The molecular formula is C10H7F5O. The molecule has 0 aliphatic carbocycles. The number of benzene rings is 1. The molecule has 0 aromatic heterocycles. The van der Waals surface area contributed by atoms with Crippen molar-refractivity contribution < 1.29 is 27.1 Å². The van der Waals surface area contributed by atoms with Crippen molar-refractivity contribution in [1.82, 2.24) is 0 Å². The summed E-state index contributed by atoms with van der Waals surface area (Å²) in [4.78, 5) is 0. The van der Waals surface area contributed by atoms with Crippen LogP contribution in [0.2, 0.25) is 0 Å². The summed E-state index contributed by atoms with van der Waals surface area (Å²) < 4.78 is 64.2. The molecule has 0 radical (unpaired) electrons. The molecular weight excluding hydrogens is 231 g/mol. The molecule has 1 aromatic rings. The molecule has 0 saturated heterocycles. The van der Waals surface area contributed by atoms with Gasteiger partial charge in [-0.2, -0.15) is 0 Å². The summed E-state index contributed by atoms with van der Waals surface area (Å²) >= 11 is 0. The Bertz CT molecular complexity index is 401. The van der Waals surface area contributed by atoms with Gasteiger partial charge in [0.15, 0.2) is 23.3 Å². The van der Waals surface area contributed by atoms with Crippen LogP contribution in [0, 0.1) is 29.1 Å². The second-order valence-corrected chi connectivity index (χ2v) is 3.02. The van der Waals surface area contributed by atoms with Crippen LogP contribution >= 0.6 is 0 Å². The molecule has 1 nitrogen and oxygen atoms in total. The van der Waals surface area contributed by atoms with E-state index in [0.29, 0.717) is 0 Å². The number of hydrogen-bond donors (Lipinski definition) is 1. The van der Waals surface area contributed by atoms with Crippen LogP contribution in [0.3, 0.4) is 0 Å². The molecule has 88 valence electrons. The first-order valence-electron chi connectivity index (χ1n) is 4.22. The van der Waals surface area contributed by atoms with E-state index in [1.807, 2.05) is 0 Å². The Kier molecular flexibility index (Phi) is 3.64. The Balaban J connectivity index is 3.44. The van der Waals surface area contributed by atoms with E-state index in [4.69, 9.17) is 0 Å². The minimum absolute atomic E-state index is 0.321. The third-order valence-electron chi connectivity index (χ3n) is 1.97. The van der Waals surface area contributed by atoms with Crippen LogP contribution in [-0.2, 0) is 0 Å². The second-order valence-electron chi connectivity index (χ2n) is 3.02.